The first-order valence-electron chi connectivity index (χ1n) is 4.12. The van der Waals surface area contributed by atoms with E-state index in [1.54, 1.807) is 30.7 Å². The van der Waals surface area contributed by atoms with E-state index in [0.717, 1.165) is 5.56 Å². The zero-order valence-corrected chi connectivity index (χ0v) is 7.29. The van der Waals surface area contributed by atoms with Gasteiger partial charge in [-0.3, -0.25) is 4.98 Å². The van der Waals surface area contributed by atoms with E-state index < -0.39 is 7.12 Å². The average molecular weight is 189 g/mol. The fourth-order valence-electron chi connectivity index (χ4n) is 1.18. The van der Waals surface area contributed by atoms with Crippen molar-refractivity contribution < 1.29 is 14.5 Å². The summed E-state index contributed by atoms with van der Waals surface area (Å²) in [5, 5.41) is 17.9. The smallest absolute Gasteiger partial charge is 0.472 e. The normalized spacial score (nSPS) is 10.1. The Kier molecular flexibility index (Phi) is 2.34. The van der Waals surface area contributed by atoms with Crippen molar-refractivity contribution in [1.82, 2.24) is 4.98 Å². The molecule has 2 heterocycles. The van der Waals surface area contributed by atoms with Gasteiger partial charge in [0.2, 0.25) is 0 Å². The van der Waals surface area contributed by atoms with Crippen molar-refractivity contribution in [3.63, 3.8) is 0 Å². The van der Waals surface area contributed by atoms with Gasteiger partial charge in [-0.2, -0.15) is 0 Å². The van der Waals surface area contributed by atoms with Gasteiger partial charge < -0.3 is 14.5 Å². The van der Waals surface area contributed by atoms with Crippen LogP contribution in [0, 0.1) is 0 Å². The van der Waals surface area contributed by atoms with E-state index in [-0.39, 0.29) is 0 Å². The molecule has 0 aliphatic heterocycles. The quantitative estimate of drug-likeness (QED) is 0.653. The third-order valence-corrected chi connectivity index (χ3v) is 1.90. The highest BCUT2D eigenvalue weighted by Gasteiger charge is 2.12. The van der Waals surface area contributed by atoms with E-state index in [1.807, 2.05) is 0 Å². The highest BCUT2D eigenvalue weighted by molar-refractivity contribution is 6.58. The van der Waals surface area contributed by atoms with Gasteiger partial charge in [-0.1, -0.05) is 0 Å². The molecule has 14 heavy (non-hydrogen) atoms. The van der Waals surface area contributed by atoms with Crippen LogP contribution in [-0.2, 0) is 0 Å². The summed E-state index contributed by atoms with van der Waals surface area (Å²) >= 11 is 0. The summed E-state index contributed by atoms with van der Waals surface area (Å²) in [6.07, 6.45) is 4.62. The molecule has 0 bridgehead atoms. The topological polar surface area (TPSA) is 66.5 Å². The number of aromatic nitrogens is 1. The molecule has 2 aromatic rings. The highest BCUT2D eigenvalue weighted by atomic mass is 16.4. The van der Waals surface area contributed by atoms with E-state index in [0.29, 0.717) is 11.2 Å². The van der Waals surface area contributed by atoms with Gasteiger partial charge in [0, 0.05) is 11.8 Å². The molecule has 2 rings (SSSR count). The van der Waals surface area contributed by atoms with Gasteiger partial charge in [0.05, 0.1) is 18.2 Å². The summed E-state index contributed by atoms with van der Waals surface area (Å²) in [4.78, 5) is 4.08. The summed E-state index contributed by atoms with van der Waals surface area (Å²) in [5.41, 5.74) is 1.88. The van der Waals surface area contributed by atoms with Crippen LogP contribution >= 0.6 is 0 Å². The van der Waals surface area contributed by atoms with E-state index in [4.69, 9.17) is 14.5 Å². The minimum atomic E-state index is -1.47. The van der Waals surface area contributed by atoms with Crippen LogP contribution in [0.4, 0.5) is 0 Å². The zero-order valence-electron chi connectivity index (χ0n) is 7.29. The van der Waals surface area contributed by atoms with E-state index >= 15 is 0 Å². The predicted molar refractivity (Wildman–Crippen MR) is 51.8 cm³/mol. The van der Waals surface area contributed by atoms with Gasteiger partial charge in [0.1, 0.15) is 0 Å². The molecule has 4 nitrogen and oxygen atoms in total. The SMILES string of the molecule is OB(O)c1ccnc(-c2ccoc2)c1. The van der Waals surface area contributed by atoms with Crippen LogP contribution in [0.2, 0.25) is 0 Å². The molecule has 2 N–H and O–H groups in total. The molecule has 0 amide bonds. The second-order valence-corrected chi connectivity index (χ2v) is 2.86. The molecular weight excluding hydrogens is 181 g/mol. The molecular formula is C9H8BNO3. The maximum Gasteiger partial charge on any atom is 0.488 e. The molecule has 0 atom stereocenters. The summed E-state index contributed by atoms with van der Waals surface area (Å²) in [6.45, 7) is 0. The summed E-state index contributed by atoms with van der Waals surface area (Å²) in [6, 6.07) is 4.92. The van der Waals surface area contributed by atoms with Gasteiger partial charge in [0.25, 0.3) is 0 Å². The lowest BCUT2D eigenvalue weighted by atomic mass is 9.80. The number of pyridine rings is 1. The fraction of sp³-hybridized carbons (Fsp3) is 0. The first-order chi connectivity index (χ1) is 6.77. The van der Waals surface area contributed by atoms with Crippen LogP contribution in [0.5, 0.6) is 0 Å². The van der Waals surface area contributed by atoms with Crippen molar-refractivity contribution >= 4 is 12.6 Å². The van der Waals surface area contributed by atoms with Crippen molar-refractivity contribution in [2.45, 2.75) is 0 Å². The average Bonchev–Trinajstić information content (AvgIpc) is 2.71. The van der Waals surface area contributed by atoms with Crippen LogP contribution in [-0.4, -0.2) is 22.2 Å². The second kappa shape index (κ2) is 3.65. The second-order valence-electron chi connectivity index (χ2n) is 2.86. The molecule has 0 aromatic carbocycles. The minimum absolute atomic E-state index is 0.413. The third kappa shape index (κ3) is 1.68. The number of hydrogen-bond acceptors (Lipinski definition) is 4. The first kappa shape index (κ1) is 8.99. The van der Waals surface area contributed by atoms with E-state index in [1.165, 1.54) is 6.20 Å². The molecule has 0 radical (unpaired) electrons. The Labute approximate surface area is 81.0 Å². The predicted octanol–water partition coefficient (Wildman–Crippen LogP) is 0.0214. The van der Waals surface area contributed by atoms with Gasteiger partial charge in [-0.05, 0) is 23.7 Å². The number of rotatable bonds is 2. The molecule has 0 spiro atoms. The Morgan fingerprint density at radius 1 is 1.29 bits per heavy atom. The summed E-state index contributed by atoms with van der Waals surface area (Å²) < 4.78 is 4.90. The molecule has 0 saturated heterocycles. The lowest BCUT2D eigenvalue weighted by Gasteiger charge is -2.00. The maximum atomic E-state index is 8.95. The summed E-state index contributed by atoms with van der Waals surface area (Å²) in [7, 11) is -1.47. The largest absolute Gasteiger partial charge is 0.488 e. The molecule has 0 fully saturated rings. The molecule has 5 heteroatoms. The van der Waals surface area contributed by atoms with Crippen LogP contribution in [0.15, 0.2) is 41.3 Å². The van der Waals surface area contributed by atoms with E-state index in [2.05, 4.69) is 4.98 Å². The maximum absolute atomic E-state index is 8.95. The van der Waals surface area contributed by atoms with Crippen molar-refractivity contribution in [2.24, 2.45) is 0 Å². The minimum Gasteiger partial charge on any atom is -0.472 e. The summed E-state index contributed by atoms with van der Waals surface area (Å²) in [5.74, 6) is 0. The Balaban J connectivity index is 2.41. The molecule has 0 aliphatic rings. The van der Waals surface area contributed by atoms with Crippen LogP contribution in [0.1, 0.15) is 0 Å². The molecule has 70 valence electrons. The fourth-order valence-corrected chi connectivity index (χ4v) is 1.18. The Morgan fingerprint density at radius 2 is 2.14 bits per heavy atom. The number of hydrogen-bond donors (Lipinski definition) is 2. The first-order valence-corrected chi connectivity index (χ1v) is 4.12. The standard InChI is InChI=1S/C9H8BNO3/c12-10(13)8-1-3-11-9(5-8)7-2-4-14-6-7/h1-6,12-13H. The van der Waals surface area contributed by atoms with Crippen LogP contribution < -0.4 is 5.46 Å². The Morgan fingerprint density at radius 3 is 2.79 bits per heavy atom. The third-order valence-electron chi connectivity index (χ3n) is 1.90. The Hall–Kier alpha value is -1.59. The highest BCUT2D eigenvalue weighted by Crippen LogP contribution is 2.15. The van der Waals surface area contributed by atoms with Crippen molar-refractivity contribution in [3.05, 3.63) is 36.9 Å². The van der Waals surface area contributed by atoms with Crippen LogP contribution in [0.3, 0.4) is 0 Å². The lowest BCUT2D eigenvalue weighted by molar-refractivity contribution is 0.425. The lowest BCUT2D eigenvalue weighted by Crippen LogP contribution is -2.29. The van der Waals surface area contributed by atoms with Crippen molar-refractivity contribution in [2.75, 3.05) is 0 Å². The molecule has 0 saturated carbocycles. The molecule has 2 aromatic heterocycles. The van der Waals surface area contributed by atoms with E-state index in [9.17, 15) is 0 Å². The van der Waals surface area contributed by atoms with Gasteiger partial charge in [0.15, 0.2) is 0 Å². The van der Waals surface area contributed by atoms with Crippen LogP contribution in [0.25, 0.3) is 11.3 Å². The van der Waals surface area contributed by atoms with Gasteiger partial charge >= 0.3 is 7.12 Å². The van der Waals surface area contributed by atoms with Crippen molar-refractivity contribution in [3.8, 4) is 11.3 Å². The molecule has 0 aliphatic carbocycles. The van der Waals surface area contributed by atoms with Crippen molar-refractivity contribution in [1.29, 1.82) is 0 Å². The monoisotopic (exact) mass is 189 g/mol. The number of nitrogens with zero attached hydrogens (tertiary/aromatic N) is 1. The van der Waals surface area contributed by atoms with Gasteiger partial charge in [-0.25, -0.2) is 0 Å². The molecule has 0 unspecified atom stereocenters. The zero-order chi connectivity index (χ0) is 9.97. The Bertz CT molecular complexity index is 414. The number of furan rings is 1. The van der Waals surface area contributed by atoms with Gasteiger partial charge in [-0.15, -0.1) is 0 Å².